The van der Waals surface area contributed by atoms with Crippen LogP contribution in [0, 0.1) is 31.6 Å². The third-order valence-electron chi connectivity index (χ3n) is 5.38. The Balaban J connectivity index is 1.70. The fraction of sp³-hybridized carbons (Fsp3) is 0.400. The highest BCUT2D eigenvalue weighted by atomic mass is 32.1. The molecule has 2 bridgehead atoms. The lowest BCUT2D eigenvalue weighted by molar-refractivity contribution is 0.590. The van der Waals surface area contributed by atoms with Gasteiger partial charge in [-0.2, -0.15) is 5.10 Å². The number of nitrogens with zero attached hydrogens (tertiary/aromatic N) is 3. The number of aryl methyl sites for hydroxylation is 2. The topological polar surface area (TPSA) is 29.6 Å². The van der Waals surface area contributed by atoms with Gasteiger partial charge in [0.2, 0.25) is 4.80 Å². The van der Waals surface area contributed by atoms with Crippen LogP contribution in [0.15, 0.2) is 45.8 Å². The van der Waals surface area contributed by atoms with Gasteiger partial charge in [-0.3, -0.25) is 4.99 Å². The predicted molar refractivity (Wildman–Crippen MR) is 101 cm³/mol. The van der Waals surface area contributed by atoms with Gasteiger partial charge in [-0.15, -0.1) is 11.3 Å². The molecule has 3 atom stereocenters. The standard InChI is InChI=1S/C20H23N3S/c1-13-4-6-17(8-14(13)2)19-12-24-20(21-3)23(19)22-11-18-10-15-5-7-16(18)9-15/h4-8,11-12,15-16,18H,9-10H2,1-3H3. The molecule has 1 aromatic heterocycles. The molecular formula is C20H23N3S. The first-order chi connectivity index (χ1) is 11.7. The zero-order chi connectivity index (χ0) is 16.7. The minimum Gasteiger partial charge on any atom is -0.261 e. The Kier molecular flexibility index (Phi) is 4.01. The van der Waals surface area contributed by atoms with Gasteiger partial charge in [0.1, 0.15) is 0 Å². The Labute approximate surface area is 147 Å². The van der Waals surface area contributed by atoms with E-state index < -0.39 is 0 Å². The number of aromatic nitrogens is 1. The lowest BCUT2D eigenvalue weighted by Crippen LogP contribution is -2.15. The second-order valence-electron chi connectivity index (χ2n) is 6.95. The Morgan fingerprint density at radius 3 is 2.71 bits per heavy atom. The summed E-state index contributed by atoms with van der Waals surface area (Å²) in [6, 6.07) is 6.60. The molecule has 0 N–H and O–H groups in total. The van der Waals surface area contributed by atoms with Gasteiger partial charge in [-0.05, 0) is 55.7 Å². The highest BCUT2D eigenvalue weighted by molar-refractivity contribution is 7.07. The molecule has 0 saturated heterocycles. The molecule has 1 saturated carbocycles. The molecule has 1 aromatic carbocycles. The molecular weight excluding hydrogens is 314 g/mol. The minimum atomic E-state index is 0.574. The van der Waals surface area contributed by atoms with Gasteiger partial charge in [-0.25, -0.2) is 4.68 Å². The van der Waals surface area contributed by atoms with Crippen LogP contribution < -0.4 is 4.80 Å². The number of fused-ring (bicyclic) bond motifs is 2. The molecule has 4 rings (SSSR count). The Hall–Kier alpha value is -1.94. The van der Waals surface area contributed by atoms with E-state index in [0.29, 0.717) is 11.8 Å². The highest BCUT2D eigenvalue weighted by Crippen LogP contribution is 2.42. The van der Waals surface area contributed by atoms with Crippen LogP contribution in [0.4, 0.5) is 0 Å². The molecule has 124 valence electrons. The van der Waals surface area contributed by atoms with Crippen molar-refractivity contribution in [2.75, 3.05) is 7.05 Å². The molecule has 2 aliphatic rings. The maximum atomic E-state index is 4.84. The summed E-state index contributed by atoms with van der Waals surface area (Å²) >= 11 is 1.65. The van der Waals surface area contributed by atoms with Crippen molar-refractivity contribution in [3.63, 3.8) is 0 Å². The second-order valence-corrected chi connectivity index (χ2v) is 7.78. The molecule has 0 spiro atoms. The monoisotopic (exact) mass is 337 g/mol. The number of rotatable bonds is 3. The summed E-state index contributed by atoms with van der Waals surface area (Å²) in [6.07, 6.45) is 9.45. The number of benzene rings is 1. The summed E-state index contributed by atoms with van der Waals surface area (Å²) in [5.41, 5.74) is 4.95. The SMILES string of the molecule is CN=c1scc(-c2ccc(C)c(C)c2)n1N=CC1CC2C=CC1C2. The Morgan fingerprint density at radius 2 is 2.04 bits per heavy atom. The van der Waals surface area contributed by atoms with E-state index in [1.165, 1.54) is 29.5 Å². The lowest BCUT2D eigenvalue weighted by Gasteiger charge is -2.12. The van der Waals surface area contributed by atoms with E-state index >= 15 is 0 Å². The summed E-state index contributed by atoms with van der Waals surface area (Å²) in [5, 5.41) is 7.00. The van der Waals surface area contributed by atoms with Crippen LogP contribution >= 0.6 is 11.3 Å². The number of hydrogen-bond acceptors (Lipinski definition) is 3. The molecule has 4 heteroatoms. The van der Waals surface area contributed by atoms with E-state index in [2.05, 4.69) is 60.8 Å². The normalized spacial score (nSPS) is 26.1. The van der Waals surface area contributed by atoms with Crippen molar-refractivity contribution in [2.24, 2.45) is 27.8 Å². The van der Waals surface area contributed by atoms with Crippen LogP contribution in [-0.4, -0.2) is 17.9 Å². The van der Waals surface area contributed by atoms with Crippen LogP contribution in [0.2, 0.25) is 0 Å². The van der Waals surface area contributed by atoms with Crippen molar-refractivity contribution >= 4 is 17.6 Å². The van der Waals surface area contributed by atoms with Crippen molar-refractivity contribution in [3.05, 3.63) is 51.7 Å². The van der Waals surface area contributed by atoms with Crippen LogP contribution in [0.5, 0.6) is 0 Å². The van der Waals surface area contributed by atoms with Crippen molar-refractivity contribution in [3.8, 4) is 11.3 Å². The number of hydrogen-bond donors (Lipinski definition) is 0. The van der Waals surface area contributed by atoms with E-state index in [1.807, 2.05) is 11.7 Å². The molecule has 24 heavy (non-hydrogen) atoms. The minimum absolute atomic E-state index is 0.574. The van der Waals surface area contributed by atoms with Crippen LogP contribution in [0.3, 0.4) is 0 Å². The fourth-order valence-electron chi connectivity index (χ4n) is 3.81. The van der Waals surface area contributed by atoms with Crippen LogP contribution in [0.1, 0.15) is 24.0 Å². The van der Waals surface area contributed by atoms with Gasteiger partial charge in [0.05, 0.1) is 5.69 Å². The maximum absolute atomic E-state index is 4.84. The van der Waals surface area contributed by atoms with Crippen molar-refractivity contribution in [2.45, 2.75) is 26.7 Å². The average molecular weight is 337 g/mol. The molecule has 0 aliphatic heterocycles. The maximum Gasteiger partial charge on any atom is 0.205 e. The van der Waals surface area contributed by atoms with Gasteiger partial charge in [-0.1, -0.05) is 24.3 Å². The van der Waals surface area contributed by atoms with E-state index in [4.69, 9.17) is 5.10 Å². The molecule has 1 heterocycles. The summed E-state index contributed by atoms with van der Waals surface area (Å²) in [4.78, 5) is 5.35. The highest BCUT2D eigenvalue weighted by Gasteiger charge is 2.34. The van der Waals surface area contributed by atoms with Crippen LogP contribution in [-0.2, 0) is 0 Å². The second kappa shape index (κ2) is 6.17. The third-order valence-corrected chi connectivity index (χ3v) is 6.29. The zero-order valence-corrected chi connectivity index (χ0v) is 15.3. The molecule has 2 aliphatic carbocycles. The van der Waals surface area contributed by atoms with Gasteiger partial charge in [0.25, 0.3) is 0 Å². The third kappa shape index (κ3) is 2.69. The van der Waals surface area contributed by atoms with E-state index in [-0.39, 0.29) is 0 Å². The van der Waals surface area contributed by atoms with Crippen molar-refractivity contribution < 1.29 is 0 Å². The first-order valence-corrected chi connectivity index (χ1v) is 9.47. The smallest absolute Gasteiger partial charge is 0.205 e. The summed E-state index contributed by atoms with van der Waals surface area (Å²) in [7, 11) is 1.84. The Morgan fingerprint density at radius 1 is 1.17 bits per heavy atom. The first-order valence-electron chi connectivity index (χ1n) is 8.59. The summed E-state index contributed by atoms with van der Waals surface area (Å²) < 4.78 is 2.00. The predicted octanol–water partition coefficient (Wildman–Crippen LogP) is 4.41. The molecule has 2 aromatic rings. The summed E-state index contributed by atoms with van der Waals surface area (Å²) in [6.45, 7) is 4.31. The van der Waals surface area contributed by atoms with Crippen molar-refractivity contribution in [1.82, 2.24) is 4.68 Å². The number of thiazole rings is 1. The lowest BCUT2D eigenvalue weighted by atomic mass is 9.95. The first kappa shape index (κ1) is 15.6. The van der Waals surface area contributed by atoms with Crippen LogP contribution in [0.25, 0.3) is 11.3 Å². The fourth-order valence-corrected chi connectivity index (χ4v) is 4.61. The van der Waals surface area contributed by atoms with Gasteiger partial charge in [0, 0.05) is 30.1 Å². The Bertz CT molecular complexity index is 885. The van der Waals surface area contributed by atoms with E-state index in [0.717, 1.165) is 16.4 Å². The zero-order valence-electron chi connectivity index (χ0n) is 14.4. The molecule has 0 radical (unpaired) electrons. The molecule has 1 fully saturated rings. The van der Waals surface area contributed by atoms with Gasteiger partial charge >= 0.3 is 0 Å². The van der Waals surface area contributed by atoms with E-state index in [9.17, 15) is 0 Å². The summed E-state index contributed by atoms with van der Waals surface area (Å²) in [5.74, 6) is 2.03. The molecule has 3 nitrogen and oxygen atoms in total. The molecule has 3 unspecified atom stereocenters. The molecule has 0 amide bonds. The van der Waals surface area contributed by atoms with Crippen molar-refractivity contribution in [1.29, 1.82) is 0 Å². The van der Waals surface area contributed by atoms with Gasteiger partial charge in [0.15, 0.2) is 0 Å². The average Bonchev–Trinajstić information content (AvgIpc) is 3.29. The quantitative estimate of drug-likeness (QED) is 0.586. The number of allylic oxidation sites excluding steroid dienone is 2. The largest absolute Gasteiger partial charge is 0.261 e. The van der Waals surface area contributed by atoms with Gasteiger partial charge < -0.3 is 0 Å². The van der Waals surface area contributed by atoms with E-state index in [1.54, 1.807) is 11.3 Å².